The van der Waals surface area contributed by atoms with Crippen LogP contribution in [0.5, 0.6) is 0 Å². The van der Waals surface area contributed by atoms with E-state index in [-0.39, 0.29) is 0 Å². The van der Waals surface area contributed by atoms with E-state index in [1.807, 2.05) is 12.3 Å². The molecule has 70 valence electrons. The monoisotopic (exact) mass is 178 g/mol. The summed E-state index contributed by atoms with van der Waals surface area (Å²) < 4.78 is 0. The molecular weight excluding hydrogens is 164 g/mol. The van der Waals surface area contributed by atoms with Gasteiger partial charge in [0.25, 0.3) is 0 Å². The average molecular weight is 178 g/mol. The van der Waals surface area contributed by atoms with Crippen LogP contribution in [0.25, 0.3) is 0 Å². The van der Waals surface area contributed by atoms with Gasteiger partial charge in [-0.1, -0.05) is 0 Å². The van der Waals surface area contributed by atoms with E-state index < -0.39 is 0 Å². The predicted molar refractivity (Wildman–Crippen MR) is 50.2 cm³/mol. The lowest BCUT2D eigenvalue weighted by Gasteiger charge is -2.26. The third-order valence-electron chi connectivity index (χ3n) is 2.26. The molecule has 0 amide bonds. The Morgan fingerprint density at radius 2 is 2.15 bits per heavy atom. The van der Waals surface area contributed by atoms with Crippen LogP contribution in [0.1, 0.15) is 5.56 Å². The Morgan fingerprint density at radius 3 is 2.85 bits per heavy atom. The van der Waals surface area contributed by atoms with E-state index in [1.165, 1.54) is 5.56 Å². The van der Waals surface area contributed by atoms with Gasteiger partial charge < -0.3 is 5.32 Å². The molecule has 4 nitrogen and oxygen atoms in total. The zero-order valence-electron chi connectivity index (χ0n) is 7.61. The lowest BCUT2D eigenvalue weighted by atomic mass is 10.2. The fourth-order valence-corrected chi connectivity index (χ4v) is 1.54. The molecule has 2 rings (SSSR count). The first kappa shape index (κ1) is 8.59. The topological polar surface area (TPSA) is 41.0 Å². The molecular formula is C9H14N4. The highest BCUT2D eigenvalue weighted by atomic mass is 15.2. The number of hydrogen-bond acceptors (Lipinski definition) is 4. The highest BCUT2D eigenvalue weighted by Gasteiger charge is 2.09. The summed E-state index contributed by atoms with van der Waals surface area (Å²) in [5, 5.41) is 10.9. The van der Waals surface area contributed by atoms with E-state index in [0.717, 1.165) is 32.7 Å². The summed E-state index contributed by atoms with van der Waals surface area (Å²) in [5.41, 5.74) is 1.25. The van der Waals surface area contributed by atoms with Crippen molar-refractivity contribution in [2.45, 2.75) is 6.54 Å². The van der Waals surface area contributed by atoms with Crippen molar-refractivity contribution < 1.29 is 0 Å². The molecule has 0 radical (unpaired) electrons. The first-order valence-electron chi connectivity index (χ1n) is 4.64. The predicted octanol–water partition coefficient (Wildman–Crippen LogP) is -0.118. The molecule has 0 spiro atoms. The van der Waals surface area contributed by atoms with Crippen LogP contribution in [0.2, 0.25) is 0 Å². The van der Waals surface area contributed by atoms with Gasteiger partial charge in [0.15, 0.2) is 0 Å². The molecule has 1 aliphatic heterocycles. The zero-order chi connectivity index (χ0) is 8.93. The van der Waals surface area contributed by atoms with Gasteiger partial charge in [-0.2, -0.15) is 10.2 Å². The number of aromatic nitrogens is 2. The fraction of sp³-hybridized carbons (Fsp3) is 0.556. The molecule has 1 fully saturated rings. The van der Waals surface area contributed by atoms with Crippen molar-refractivity contribution in [1.29, 1.82) is 0 Å². The molecule has 1 aromatic rings. The third kappa shape index (κ3) is 2.47. The number of rotatable bonds is 2. The molecule has 0 aliphatic carbocycles. The molecule has 1 aliphatic rings. The van der Waals surface area contributed by atoms with Crippen LogP contribution in [0, 0.1) is 0 Å². The SMILES string of the molecule is c1cc(CN2CCNCC2)cnn1. The molecule has 0 unspecified atom stereocenters. The lowest BCUT2D eigenvalue weighted by Crippen LogP contribution is -2.42. The minimum absolute atomic E-state index is 0.997. The molecule has 1 saturated heterocycles. The van der Waals surface area contributed by atoms with Crippen molar-refractivity contribution in [1.82, 2.24) is 20.4 Å². The molecule has 1 aromatic heterocycles. The van der Waals surface area contributed by atoms with Crippen molar-refractivity contribution in [3.05, 3.63) is 24.0 Å². The largest absolute Gasteiger partial charge is 0.314 e. The van der Waals surface area contributed by atoms with Crippen LogP contribution < -0.4 is 5.32 Å². The summed E-state index contributed by atoms with van der Waals surface area (Å²) in [7, 11) is 0. The fourth-order valence-electron chi connectivity index (χ4n) is 1.54. The van der Waals surface area contributed by atoms with Gasteiger partial charge >= 0.3 is 0 Å². The van der Waals surface area contributed by atoms with Gasteiger partial charge in [-0.25, -0.2) is 0 Å². The molecule has 0 bridgehead atoms. The minimum Gasteiger partial charge on any atom is -0.314 e. The van der Waals surface area contributed by atoms with E-state index in [2.05, 4.69) is 20.4 Å². The Morgan fingerprint density at radius 1 is 1.31 bits per heavy atom. The van der Waals surface area contributed by atoms with E-state index >= 15 is 0 Å². The highest BCUT2D eigenvalue weighted by Crippen LogP contribution is 2.02. The summed E-state index contributed by atoms with van der Waals surface area (Å²) in [4.78, 5) is 2.42. The summed E-state index contributed by atoms with van der Waals surface area (Å²) in [6.45, 7) is 5.44. The molecule has 1 N–H and O–H groups in total. The van der Waals surface area contributed by atoms with Crippen molar-refractivity contribution in [3.63, 3.8) is 0 Å². The average Bonchev–Trinajstić information content (AvgIpc) is 2.21. The van der Waals surface area contributed by atoms with E-state index in [0.29, 0.717) is 0 Å². The van der Waals surface area contributed by atoms with Gasteiger partial charge in [-0.05, 0) is 11.6 Å². The van der Waals surface area contributed by atoms with Crippen molar-refractivity contribution >= 4 is 0 Å². The summed E-state index contributed by atoms with van der Waals surface area (Å²) >= 11 is 0. The van der Waals surface area contributed by atoms with Gasteiger partial charge in [-0.3, -0.25) is 4.90 Å². The number of nitrogens with one attached hydrogen (secondary N) is 1. The van der Waals surface area contributed by atoms with Crippen LogP contribution >= 0.6 is 0 Å². The second-order valence-corrected chi connectivity index (χ2v) is 3.28. The number of hydrogen-bond donors (Lipinski definition) is 1. The first-order valence-corrected chi connectivity index (χ1v) is 4.64. The lowest BCUT2D eigenvalue weighted by molar-refractivity contribution is 0.233. The van der Waals surface area contributed by atoms with Crippen LogP contribution in [-0.2, 0) is 6.54 Å². The smallest absolute Gasteiger partial charge is 0.0541 e. The Hall–Kier alpha value is -1.00. The summed E-state index contributed by atoms with van der Waals surface area (Å²) in [5.74, 6) is 0. The molecule has 0 saturated carbocycles. The van der Waals surface area contributed by atoms with Crippen LogP contribution in [0.3, 0.4) is 0 Å². The van der Waals surface area contributed by atoms with Crippen LogP contribution in [0.15, 0.2) is 18.5 Å². The quantitative estimate of drug-likeness (QED) is 0.685. The Bertz CT molecular complexity index is 243. The zero-order valence-corrected chi connectivity index (χ0v) is 7.61. The Labute approximate surface area is 78.0 Å². The van der Waals surface area contributed by atoms with E-state index in [4.69, 9.17) is 0 Å². The molecule has 13 heavy (non-hydrogen) atoms. The summed E-state index contributed by atoms with van der Waals surface area (Å²) in [6.07, 6.45) is 3.58. The standard InChI is InChI=1S/C9H14N4/c1-2-11-12-7-9(1)8-13-5-3-10-4-6-13/h1-2,7,10H,3-6,8H2. The maximum Gasteiger partial charge on any atom is 0.0541 e. The first-order chi connectivity index (χ1) is 6.45. The van der Waals surface area contributed by atoms with E-state index in [1.54, 1.807) is 6.20 Å². The highest BCUT2D eigenvalue weighted by molar-refractivity contribution is 5.04. The molecule has 4 heteroatoms. The van der Waals surface area contributed by atoms with Crippen molar-refractivity contribution in [2.75, 3.05) is 26.2 Å². The molecule has 2 heterocycles. The van der Waals surface area contributed by atoms with Crippen LogP contribution in [-0.4, -0.2) is 41.3 Å². The van der Waals surface area contributed by atoms with Gasteiger partial charge in [0, 0.05) is 38.9 Å². The number of nitrogens with zero attached hydrogens (tertiary/aromatic N) is 3. The maximum absolute atomic E-state index is 3.86. The normalized spacial score (nSPS) is 18.8. The van der Waals surface area contributed by atoms with Gasteiger partial charge in [0.2, 0.25) is 0 Å². The Kier molecular flexibility index (Phi) is 2.84. The van der Waals surface area contributed by atoms with Gasteiger partial charge in [-0.15, -0.1) is 0 Å². The molecule has 0 atom stereocenters. The second kappa shape index (κ2) is 4.30. The van der Waals surface area contributed by atoms with Crippen molar-refractivity contribution in [2.24, 2.45) is 0 Å². The van der Waals surface area contributed by atoms with E-state index in [9.17, 15) is 0 Å². The van der Waals surface area contributed by atoms with Gasteiger partial charge in [0.05, 0.1) is 6.20 Å². The second-order valence-electron chi connectivity index (χ2n) is 3.28. The minimum atomic E-state index is 0.997. The molecule has 0 aromatic carbocycles. The van der Waals surface area contributed by atoms with Gasteiger partial charge in [0.1, 0.15) is 0 Å². The van der Waals surface area contributed by atoms with Crippen LogP contribution in [0.4, 0.5) is 0 Å². The van der Waals surface area contributed by atoms with Crippen molar-refractivity contribution in [3.8, 4) is 0 Å². The summed E-state index contributed by atoms with van der Waals surface area (Å²) in [6, 6.07) is 2.02. The Balaban J connectivity index is 1.90. The maximum atomic E-state index is 3.86. The number of piperazine rings is 1. The third-order valence-corrected chi connectivity index (χ3v) is 2.26.